The molecule has 0 heterocycles. The Balaban J connectivity index is 0.000000255. The van der Waals surface area contributed by atoms with Gasteiger partial charge in [0.25, 0.3) is 0 Å². The zero-order valence-electron chi connectivity index (χ0n) is 9.26. The maximum absolute atomic E-state index is 12.1. The van der Waals surface area contributed by atoms with E-state index in [4.69, 9.17) is 5.73 Å². The molecule has 0 unspecified atom stereocenters. The van der Waals surface area contributed by atoms with E-state index in [1.54, 1.807) is 12.1 Å². The fourth-order valence-electron chi connectivity index (χ4n) is 0.867. The van der Waals surface area contributed by atoms with Crippen molar-refractivity contribution in [2.75, 3.05) is 6.54 Å². The average Bonchev–Trinajstić information content (AvgIpc) is 2.11. The van der Waals surface area contributed by atoms with Gasteiger partial charge in [0.05, 0.1) is 0 Å². The third-order valence-corrected chi connectivity index (χ3v) is 1.75. The van der Waals surface area contributed by atoms with Crippen molar-refractivity contribution in [1.29, 1.82) is 0 Å². The highest BCUT2D eigenvalue weighted by atomic mass is 19.1. The maximum Gasteiger partial charge on any atom is 0.123 e. The number of rotatable bonds is 2. The molecule has 0 aliphatic rings. The maximum atomic E-state index is 12.1. The lowest BCUT2D eigenvalue weighted by Crippen LogP contribution is -2.01. The first-order valence-corrected chi connectivity index (χ1v) is 4.98. The van der Waals surface area contributed by atoms with Crippen LogP contribution in [-0.4, -0.2) is 6.54 Å². The van der Waals surface area contributed by atoms with Crippen LogP contribution in [-0.2, 0) is 0 Å². The molecule has 1 rings (SSSR count). The lowest BCUT2D eigenvalue weighted by molar-refractivity contribution is 0.596. The molecule has 14 heavy (non-hydrogen) atoms. The van der Waals surface area contributed by atoms with Crippen molar-refractivity contribution in [3.8, 4) is 0 Å². The summed E-state index contributed by atoms with van der Waals surface area (Å²) in [6, 6.07) is 6.40. The third kappa shape index (κ3) is 7.74. The molecule has 0 aliphatic heterocycles. The molecule has 0 saturated heterocycles. The largest absolute Gasteiger partial charge is 0.330 e. The van der Waals surface area contributed by atoms with Gasteiger partial charge in [0, 0.05) is 0 Å². The topological polar surface area (TPSA) is 26.0 Å². The number of halogens is 1. The fourth-order valence-corrected chi connectivity index (χ4v) is 0.867. The first-order chi connectivity index (χ1) is 6.56. The number of hydrogen-bond acceptors (Lipinski definition) is 1. The predicted molar refractivity (Wildman–Crippen MR) is 59.6 cm³/mol. The lowest BCUT2D eigenvalue weighted by Gasteiger charge is -1.96. The summed E-state index contributed by atoms with van der Waals surface area (Å²) in [5, 5.41) is 0. The van der Waals surface area contributed by atoms with Crippen LogP contribution >= 0.6 is 0 Å². The number of aryl methyl sites for hydroxylation is 1. The van der Waals surface area contributed by atoms with E-state index in [0.717, 1.165) is 24.4 Å². The molecule has 2 N–H and O–H groups in total. The van der Waals surface area contributed by atoms with Crippen LogP contribution in [0, 0.1) is 18.7 Å². The van der Waals surface area contributed by atoms with Gasteiger partial charge in [-0.15, -0.1) is 0 Å². The Morgan fingerprint density at radius 1 is 1.21 bits per heavy atom. The van der Waals surface area contributed by atoms with Crippen LogP contribution in [0.3, 0.4) is 0 Å². The van der Waals surface area contributed by atoms with Crippen molar-refractivity contribution in [2.24, 2.45) is 11.7 Å². The standard InChI is InChI=1S/C7H7F.C5H13N/c1-6-2-4-7(8)5-3-6;1-5(2)3-4-6/h2-5H,1H3;5H,3-4,6H2,1-2H3. The Morgan fingerprint density at radius 3 is 1.93 bits per heavy atom. The SMILES string of the molecule is CC(C)CCN.Cc1ccc(F)cc1. The Hall–Kier alpha value is -0.890. The first kappa shape index (κ1) is 13.1. The van der Waals surface area contributed by atoms with E-state index in [1.165, 1.54) is 12.1 Å². The predicted octanol–water partition coefficient (Wildman–Crippen LogP) is 3.13. The zero-order valence-corrected chi connectivity index (χ0v) is 9.26. The third-order valence-electron chi connectivity index (χ3n) is 1.75. The molecule has 0 atom stereocenters. The zero-order chi connectivity index (χ0) is 11.0. The summed E-state index contributed by atoms with van der Waals surface area (Å²) >= 11 is 0. The van der Waals surface area contributed by atoms with Crippen molar-refractivity contribution in [2.45, 2.75) is 27.2 Å². The molecule has 1 aromatic rings. The Bertz CT molecular complexity index is 208. The van der Waals surface area contributed by atoms with Crippen molar-refractivity contribution in [1.82, 2.24) is 0 Å². The molecular weight excluding hydrogens is 177 g/mol. The molecular formula is C12H20FN. The van der Waals surface area contributed by atoms with Crippen molar-refractivity contribution in [3.63, 3.8) is 0 Å². The van der Waals surface area contributed by atoms with Gasteiger partial charge in [-0.1, -0.05) is 31.5 Å². The second-order valence-corrected chi connectivity index (χ2v) is 3.77. The first-order valence-electron chi connectivity index (χ1n) is 4.98. The van der Waals surface area contributed by atoms with Crippen molar-refractivity contribution < 1.29 is 4.39 Å². The highest BCUT2D eigenvalue weighted by molar-refractivity contribution is 5.13. The molecule has 0 aliphatic carbocycles. The van der Waals surface area contributed by atoms with E-state index >= 15 is 0 Å². The summed E-state index contributed by atoms with van der Waals surface area (Å²) in [7, 11) is 0. The van der Waals surface area contributed by atoms with Gasteiger partial charge in [-0.3, -0.25) is 0 Å². The van der Waals surface area contributed by atoms with Gasteiger partial charge in [0.1, 0.15) is 5.82 Å². The number of benzene rings is 1. The molecule has 0 saturated carbocycles. The molecule has 0 radical (unpaired) electrons. The van der Waals surface area contributed by atoms with Gasteiger partial charge in [-0.25, -0.2) is 4.39 Å². The van der Waals surface area contributed by atoms with Gasteiger partial charge in [-0.05, 0) is 37.9 Å². The van der Waals surface area contributed by atoms with Crippen LogP contribution in [0.25, 0.3) is 0 Å². The summed E-state index contributed by atoms with van der Waals surface area (Å²) in [6.07, 6.45) is 1.15. The summed E-state index contributed by atoms with van der Waals surface area (Å²) in [4.78, 5) is 0. The van der Waals surface area contributed by atoms with Crippen molar-refractivity contribution >= 4 is 0 Å². The molecule has 80 valence electrons. The minimum atomic E-state index is -0.171. The smallest absolute Gasteiger partial charge is 0.123 e. The van der Waals surface area contributed by atoms with Gasteiger partial charge in [-0.2, -0.15) is 0 Å². The minimum absolute atomic E-state index is 0.171. The van der Waals surface area contributed by atoms with Gasteiger partial charge < -0.3 is 5.73 Å². The molecule has 0 fully saturated rings. The summed E-state index contributed by atoms with van der Waals surface area (Å²) in [5.74, 6) is 0.602. The van der Waals surface area contributed by atoms with E-state index in [9.17, 15) is 4.39 Å². The van der Waals surface area contributed by atoms with E-state index in [2.05, 4.69) is 13.8 Å². The van der Waals surface area contributed by atoms with Crippen LogP contribution in [0.15, 0.2) is 24.3 Å². The Kier molecular flexibility index (Phi) is 7.03. The highest BCUT2D eigenvalue weighted by Gasteiger charge is 1.85. The second kappa shape index (κ2) is 7.51. The van der Waals surface area contributed by atoms with Crippen LogP contribution in [0.5, 0.6) is 0 Å². The molecule has 1 nitrogen and oxygen atoms in total. The lowest BCUT2D eigenvalue weighted by atomic mass is 10.1. The number of nitrogens with two attached hydrogens (primary N) is 1. The summed E-state index contributed by atoms with van der Waals surface area (Å²) in [5.41, 5.74) is 6.32. The molecule has 0 bridgehead atoms. The second-order valence-electron chi connectivity index (χ2n) is 3.77. The monoisotopic (exact) mass is 197 g/mol. The normalized spacial score (nSPS) is 9.57. The van der Waals surface area contributed by atoms with Crippen LogP contribution in [0.2, 0.25) is 0 Å². The van der Waals surface area contributed by atoms with Gasteiger partial charge in [0.2, 0.25) is 0 Å². The average molecular weight is 197 g/mol. The Morgan fingerprint density at radius 2 is 1.71 bits per heavy atom. The van der Waals surface area contributed by atoms with E-state index < -0.39 is 0 Å². The Labute approximate surface area is 86.1 Å². The highest BCUT2D eigenvalue weighted by Crippen LogP contribution is 1.98. The van der Waals surface area contributed by atoms with Crippen LogP contribution in [0.1, 0.15) is 25.8 Å². The molecule has 1 aromatic carbocycles. The fraction of sp³-hybridized carbons (Fsp3) is 0.500. The van der Waals surface area contributed by atoms with E-state index in [0.29, 0.717) is 0 Å². The van der Waals surface area contributed by atoms with Gasteiger partial charge in [0.15, 0.2) is 0 Å². The molecule has 0 aromatic heterocycles. The molecule has 0 amide bonds. The minimum Gasteiger partial charge on any atom is -0.330 e. The quantitative estimate of drug-likeness (QED) is 0.774. The molecule has 0 spiro atoms. The summed E-state index contributed by atoms with van der Waals surface area (Å²) < 4.78 is 12.1. The van der Waals surface area contributed by atoms with E-state index in [-0.39, 0.29) is 5.82 Å². The summed E-state index contributed by atoms with van der Waals surface area (Å²) in [6.45, 7) is 7.11. The van der Waals surface area contributed by atoms with E-state index in [1.807, 2.05) is 6.92 Å². The molecule has 2 heteroatoms. The van der Waals surface area contributed by atoms with Gasteiger partial charge >= 0.3 is 0 Å². The van der Waals surface area contributed by atoms with Crippen LogP contribution in [0.4, 0.5) is 4.39 Å². The van der Waals surface area contributed by atoms with Crippen molar-refractivity contribution in [3.05, 3.63) is 35.6 Å². The number of hydrogen-bond donors (Lipinski definition) is 1. The van der Waals surface area contributed by atoms with Crippen LogP contribution < -0.4 is 5.73 Å².